The fraction of sp³-hybridized carbons (Fsp3) is 0.679. The molecule has 0 radical (unpaired) electrons. The Morgan fingerprint density at radius 2 is 1.91 bits per heavy atom. The number of alkyl halides is 1. The van der Waals surface area contributed by atoms with Crippen molar-refractivity contribution in [3.05, 3.63) is 30.1 Å². The van der Waals surface area contributed by atoms with E-state index in [4.69, 9.17) is 0 Å². The van der Waals surface area contributed by atoms with Crippen molar-refractivity contribution in [3.8, 4) is 0 Å². The number of rotatable bonds is 3. The van der Waals surface area contributed by atoms with Crippen LogP contribution in [0.2, 0.25) is 0 Å². The van der Waals surface area contributed by atoms with Gasteiger partial charge in [-0.1, -0.05) is 26.0 Å². The summed E-state index contributed by atoms with van der Waals surface area (Å²) >= 11 is 0. The van der Waals surface area contributed by atoms with Gasteiger partial charge in [-0.25, -0.2) is 9.37 Å². The van der Waals surface area contributed by atoms with Gasteiger partial charge in [0, 0.05) is 19.0 Å². The van der Waals surface area contributed by atoms with Crippen molar-refractivity contribution in [3.63, 3.8) is 0 Å². The maximum Gasteiger partial charge on any atom is 0.257 e. The molecule has 0 spiro atoms. The van der Waals surface area contributed by atoms with E-state index >= 15 is 0 Å². The molecule has 1 saturated heterocycles. The van der Waals surface area contributed by atoms with E-state index in [0.29, 0.717) is 30.7 Å². The molecule has 4 fully saturated rings. The number of H-pyrrole nitrogens is 1. The Kier molecular flexibility index (Phi) is 5.28. The molecule has 1 aliphatic heterocycles. The SMILES string of the molecule is CN1C(=O)[C@H](F)C[C@]2(C)C3CC[C@]4(C)[C@@H](C(=O)NCc5nc6ccccc6[nH]5)CC[C@H]4C3CC[C@@H]12. The van der Waals surface area contributed by atoms with Gasteiger partial charge >= 0.3 is 0 Å². The van der Waals surface area contributed by atoms with Crippen molar-refractivity contribution < 1.29 is 14.0 Å². The van der Waals surface area contributed by atoms with Crippen molar-refractivity contribution >= 4 is 22.8 Å². The van der Waals surface area contributed by atoms with E-state index in [2.05, 4.69) is 29.1 Å². The van der Waals surface area contributed by atoms with Crippen LogP contribution in [-0.4, -0.2) is 45.9 Å². The molecule has 2 N–H and O–H groups in total. The summed E-state index contributed by atoms with van der Waals surface area (Å²) in [5, 5.41) is 3.17. The van der Waals surface area contributed by atoms with Crippen molar-refractivity contribution in [2.45, 2.75) is 77.6 Å². The van der Waals surface area contributed by atoms with Gasteiger partial charge in [0.2, 0.25) is 5.91 Å². The predicted octanol–water partition coefficient (Wildman–Crippen LogP) is 4.61. The average Bonchev–Trinajstić information content (AvgIpc) is 3.41. The minimum absolute atomic E-state index is 0.00730. The zero-order chi connectivity index (χ0) is 24.5. The Balaban J connectivity index is 1.17. The van der Waals surface area contributed by atoms with Gasteiger partial charge in [0.25, 0.3) is 5.91 Å². The van der Waals surface area contributed by atoms with Crippen LogP contribution in [0.1, 0.15) is 64.6 Å². The Hall–Kier alpha value is -2.44. The van der Waals surface area contributed by atoms with E-state index < -0.39 is 6.17 Å². The number of imidazole rings is 1. The number of para-hydroxylation sites is 2. The number of nitrogens with one attached hydrogen (secondary N) is 2. The van der Waals surface area contributed by atoms with E-state index in [0.717, 1.165) is 55.4 Å². The smallest absolute Gasteiger partial charge is 0.257 e. The molecule has 188 valence electrons. The Morgan fingerprint density at radius 3 is 2.71 bits per heavy atom. The first kappa shape index (κ1) is 23.0. The lowest BCUT2D eigenvalue weighted by molar-refractivity contribution is -0.169. The molecular weight excluding hydrogens is 443 g/mol. The summed E-state index contributed by atoms with van der Waals surface area (Å²) in [5.74, 6) is 2.01. The van der Waals surface area contributed by atoms with Gasteiger partial charge in [0.05, 0.1) is 17.6 Å². The maximum absolute atomic E-state index is 14.8. The van der Waals surface area contributed by atoms with E-state index in [-0.39, 0.29) is 34.6 Å². The van der Waals surface area contributed by atoms with Crippen molar-refractivity contribution in [1.82, 2.24) is 20.2 Å². The van der Waals surface area contributed by atoms with E-state index in [1.165, 1.54) is 0 Å². The summed E-state index contributed by atoms with van der Waals surface area (Å²) in [6, 6.07) is 8.04. The van der Waals surface area contributed by atoms with Crippen LogP contribution in [0.15, 0.2) is 24.3 Å². The lowest BCUT2D eigenvalue weighted by Crippen LogP contribution is -2.64. The molecule has 2 amide bonds. The molecule has 6 rings (SSSR count). The topological polar surface area (TPSA) is 78.1 Å². The molecule has 35 heavy (non-hydrogen) atoms. The molecule has 4 aliphatic rings. The van der Waals surface area contributed by atoms with Crippen LogP contribution >= 0.6 is 0 Å². The molecule has 1 aromatic heterocycles. The van der Waals surface area contributed by atoms with E-state index in [1.807, 2.05) is 24.3 Å². The standard InChI is InChI=1S/C28H37FN4O2/c1-27-13-12-18-16(8-11-23-28(18,2)14-20(29)26(35)33(23)3)17(27)9-10-19(27)25(34)30-15-24-31-21-6-4-5-7-22(21)32-24/h4-7,16-20,23H,8-15H2,1-3H3,(H,30,34)(H,31,32)/t16?,17-,18?,19+,20+,23+,27-,28+/m0/s1. The zero-order valence-corrected chi connectivity index (χ0v) is 21.0. The maximum atomic E-state index is 14.8. The summed E-state index contributed by atoms with van der Waals surface area (Å²) in [4.78, 5) is 35.4. The first-order valence-corrected chi connectivity index (χ1v) is 13.3. The lowest BCUT2D eigenvalue weighted by Gasteiger charge is -2.62. The Bertz CT molecular complexity index is 1130. The van der Waals surface area contributed by atoms with Crippen LogP contribution < -0.4 is 5.32 Å². The molecule has 6 nitrogen and oxygen atoms in total. The van der Waals surface area contributed by atoms with Gasteiger partial charge in [-0.05, 0) is 85.7 Å². The van der Waals surface area contributed by atoms with Crippen molar-refractivity contribution in [2.75, 3.05) is 7.05 Å². The highest BCUT2D eigenvalue weighted by molar-refractivity contribution is 5.82. The normalized spacial score (nSPS) is 40.8. The number of nitrogens with zero attached hydrogens (tertiary/aromatic N) is 2. The van der Waals surface area contributed by atoms with Gasteiger partial charge in [-0.15, -0.1) is 0 Å². The highest BCUT2D eigenvalue weighted by atomic mass is 19.1. The third kappa shape index (κ3) is 3.36. The van der Waals surface area contributed by atoms with Gasteiger partial charge in [0.15, 0.2) is 6.17 Å². The number of benzene rings is 1. The summed E-state index contributed by atoms with van der Waals surface area (Å²) in [6.07, 6.45) is 5.00. The number of amides is 2. The number of hydrogen-bond donors (Lipinski definition) is 2. The van der Waals surface area contributed by atoms with Crippen LogP contribution in [0, 0.1) is 34.5 Å². The van der Waals surface area contributed by atoms with Crippen molar-refractivity contribution in [2.24, 2.45) is 34.5 Å². The first-order valence-electron chi connectivity index (χ1n) is 13.3. The largest absolute Gasteiger partial charge is 0.349 e. The number of hydrogen-bond acceptors (Lipinski definition) is 3. The van der Waals surface area contributed by atoms with Crippen LogP contribution in [0.5, 0.6) is 0 Å². The molecule has 8 atom stereocenters. The summed E-state index contributed by atoms with van der Waals surface area (Å²) in [7, 11) is 1.79. The molecule has 3 aliphatic carbocycles. The quantitative estimate of drug-likeness (QED) is 0.674. The minimum atomic E-state index is -1.38. The summed E-state index contributed by atoms with van der Waals surface area (Å²) in [6.45, 7) is 4.98. The summed E-state index contributed by atoms with van der Waals surface area (Å²) < 4.78 is 14.8. The predicted molar refractivity (Wildman–Crippen MR) is 132 cm³/mol. The average molecular weight is 481 g/mol. The minimum Gasteiger partial charge on any atom is -0.349 e. The van der Waals surface area contributed by atoms with Gasteiger partial charge < -0.3 is 15.2 Å². The van der Waals surface area contributed by atoms with Gasteiger partial charge in [-0.3, -0.25) is 9.59 Å². The first-order chi connectivity index (χ1) is 16.7. The number of halogens is 1. The number of aromatic amines is 1. The van der Waals surface area contributed by atoms with Gasteiger partial charge in [0.1, 0.15) is 5.82 Å². The van der Waals surface area contributed by atoms with Gasteiger partial charge in [-0.2, -0.15) is 0 Å². The number of carbonyl (C=O) groups is 2. The van der Waals surface area contributed by atoms with Crippen LogP contribution in [-0.2, 0) is 16.1 Å². The Morgan fingerprint density at radius 1 is 1.14 bits per heavy atom. The van der Waals surface area contributed by atoms with Crippen molar-refractivity contribution in [1.29, 1.82) is 0 Å². The summed E-state index contributed by atoms with van der Waals surface area (Å²) in [5.41, 5.74) is 1.71. The number of likely N-dealkylation sites (tertiary alicyclic amines) is 1. The second-order valence-electron chi connectivity index (χ2n) is 12.2. The second kappa shape index (κ2) is 8.04. The molecule has 1 aromatic carbocycles. The third-order valence-electron chi connectivity index (χ3n) is 10.7. The fourth-order valence-electron chi connectivity index (χ4n) is 9.02. The number of piperidine rings is 1. The van der Waals surface area contributed by atoms with Crippen LogP contribution in [0.4, 0.5) is 4.39 Å². The molecule has 3 saturated carbocycles. The second-order valence-corrected chi connectivity index (χ2v) is 12.2. The zero-order valence-electron chi connectivity index (χ0n) is 21.0. The van der Waals surface area contributed by atoms with E-state index in [9.17, 15) is 14.0 Å². The van der Waals surface area contributed by atoms with Crippen LogP contribution in [0.3, 0.4) is 0 Å². The Labute approximate surface area is 206 Å². The molecule has 2 heterocycles. The van der Waals surface area contributed by atoms with Crippen LogP contribution in [0.25, 0.3) is 11.0 Å². The number of aromatic nitrogens is 2. The lowest BCUT2D eigenvalue weighted by atomic mass is 9.46. The highest BCUT2D eigenvalue weighted by Crippen LogP contribution is 2.66. The molecule has 2 unspecified atom stereocenters. The molecule has 0 bridgehead atoms. The fourth-order valence-corrected chi connectivity index (χ4v) is 9.02. The third-order valence-corrected chi connectivity index (χ3v) is 10.7. The molecular formula is C28H37FN4O2. The molecule has 7 heteroatoms. The molecule has 2 aromatic rings. The number of fused-ring (bicyclic) bond motifs is 6. The number of carbonyl (C=O) groups excluding carboxylic acids is 2. The van der Waals surface area contributed by atoms with E-state index in [1.54, 1.807) is 11.9 Å². The monoisotopic (exact) mass is 480 g/mol. The highest BCUT2D eigenvalue weighted by Gasteiger charge is 2.63.